The van der Waals surface area contributed by atoms with Gasteiger partial charge in [-0.3, -0.25) is 0 Å². The summed E-state index contributed by atoms with van der Waals surface area (Å²) < 4.78 is 0. The molecule has 0 aromatic carbocycles. The van der Waals surface area contributed by atoms with E-state index >= 15 is 0 Å². The molecule has 1 rings (SSSR count). The monoisotopic (exact) mass is 137 g/mol. The van der Waals surface area contributed by atoms with Crippen molar-refractivity contribution in [3.63, 3.8) is 0 Å². The maximum absolute atomic E-state index is 5.72. The zero-order chi connectivity index (χ0) is 7.56. The highest BCUT2D eigenvalue weighted by molar-refractivity contribution is 5.27. The fourth-order valence-corrected chi connectivity index (χ4v) is 1.24. The van der Waals surface area contributed by atoms with E-state index < -0.39 is 0 Å². The summed E-state index contributed by atoms with van der Waals surface area (Å²) in [4.78, 5) is 0. The lowest BCUT2D eigenvalue weighted by Crippen LogP contribution is -2.21. The zero-order valence-corrected chi connectivity index (χ0v) is 6.56. The maximum atomic E-state index is 5.72. The summed E-state index contributed by atoms with van der Waals surface area (Å²) in [6.45, 7) is 5.95. The van der Waals surface area contributed by atoms with E-state index in [0.717, 1.165) is 19.3 Å². The second-order valence-electron chi connectivity index (χ2n) is 3.04. The molecule has 10 heavy (non-hydrogen) atoms. The van der Waals surface area contributed by atoms with Crippen LogP contribution in [0.2, 0.25) is 0 Å². The lowest BCUT2D eigenvalue weighted by Gasteiger charge is -2.17. The van der Waals surface area contributed by atoms with Crippen LogP contribution in [0.5, 0.6) is 0 Å². The van der Waals surface area contributed by atoms with Crippen LogP contribution in [0.3, 0.4) is 0 Å². The lowest BCUT2D eigenvalue weighted by molar-refractivity contribution is 0.593. The van der Waals surface area contributed by atoms with Gasteiger partial charge in [-0.15, -0.1) is 0 Å². The van der Waals surface area contributed by atoms with Crippen LogP contribution in [0.1, 0.15) is 26.2 Å². The maximum Gasteiger partial charge on any atom is 0.00767 e. The molecule has 0 amide bonds. The molecule has 0 saturated heterocycles. The molecule has 0 heterocycles. The average Bonchev–Trinajstić information content (AvgIpc) is 1.88. The molecule has 2 N–H and O–H groups in total. The Morgan fingerprint density at radius 2 is 2.50 bits per heavy atom. The number of hydrogen-bond acceptors (Lipinski definition) is 1. The molecule has 0 aromatic rings. The van der Waals surface area contributed by atoms with Gasteiger partial charge in [-0.2, -0.15) is 0 Å². The van der Waals surface area contributed by atoms with Crippen molar-refractivity contribution in [2.24, 2.45) is 5.73 Å². The SMILES string of the molecule is C=C(C)C1=CCC(N)CC1. The van der Waals surface area contributed by atoms with Gasteiger partial charge >= 0.3 is 0 Å². The molecule has 1 aliphatic rings. The highest BCUT2D eigenvalue weighted by Crippen LogP contribution is 2.21. The molecule has 0 bridgehead atoms. The Kier molecular flexibility index (Phi) is 2.28. The second-order valence-corrected chi connectivity index (χ2v) is 3.04. The average molecular weight is 137 g/mol. The van der Waals surface area contributed by atoms with Crippen molar-refractivity contribution in [2.45, 2.75) is 32.2 Å². The van der Waals surface area contributed by atoms with Crippen molar-refractivity contribution < 1.29 is 0 Å². The van der Waals surface area contributed by atoms with Gasteiger partial charge in [0.1, 0.15) is 0 Å². The van der Waals surface area contributed by atoms with Crippen molar-refractivity contribution in [2.75, 3.05) is 0 Å². The van der Waals surface area contributed by atoms with Gasteiger partial charge in [0.25, 0.3) is 0 Å². The topological polar surface area (TPSA) is 26.0 Å². The molecular weight excluding hydrogens is 122 g/mol. The largest absolute Gasteiger partial charge is 0.327 e. The molecular formula is C9H15N. The summed E-state index contributed by atoms with van der Waals surface area (Å²) in [6.07, 6.45) is 5.49. The summed E-state index contributed by atoms with van der Waals surface area (Å²) in [7, 11) is 0. The quantitative estimate of drug-likeness (QED) is 0.587. The zero-order valence-electron chi connectivity index (χ0n) is 6.56. The van der Waals surface area contributed by atoms with Gasteiger partial charge in [-0.1, -0.05) is 18.2 Å². The van der Waals surface area contributed by atoms with E-state index in [9.17, 15) is 0 Å². The van der Waals surface area contributed by atoms with Crippen LogP contribution in [0.25, 0.3) is 0 Å². The number of rotatable bonds is 1. The van der Waals surface area contributed by atoms with Crippen molar-refractivity contribution in [1.82, 2.24) is 0 Å². The first-order chi connectivity index (χ1) is 4.70. The standard InChI is InChI=1S/C9H15N/c1-7(2)8-3-5-9(10)6-4-8/h3,9H,1,4-6,10H2,2H3. The molecule has 0 aliphatic heterocycles. The van der Waals surface area contributed by atoms with Crippen LogP contribution < -0.4 is 5.73 Å². The van der Waals surface area contributed by atoms with E-state index in [-0.39, 0.29) is 0 Å². The van der Waals surface area contributed by atoms with Crippen LogP contribution in [0.15, 0.2) is 23.8 Å². The van der Waals surface area contributed by atoms with Crippen LogP contribution >= 0.6 is 0 Å². The second kappa shape index (κ2) is 3.02. The van der Waals surface area contributed by atoms with Crippen molar-refractivity contribution in [3.05, 3.63) is 23.8 Å². The van der Waals surface area contributed by atoms with Crippen molar-refractivity contribution in [1.29, 1.82) is 0 Å². The van der Waals surface area contributed by atoms with E-state index in [1.165, 1.54) is 11.1 Å². The van der Waals surface area contributed by atoms with Crippen LogP contribution in [0.4, 0.5) is 0 Å². The van der Waals surface area contributed by atoms with Gasteiger partial charge < -0.3 is 5.73 Å². The summed E-state index contributed by atoms with van der Waals surface area (Å²) in [5.74, 6) is 0. The number of hydrogen-bond donors (Lipinski definition) is 1. The lowest BCUT2D eigenvalue weighted by atomic mass is 9.92. The molecule has 1 nitrogen and oxygen atoms in total. The van der Waals surface area contributed by atoms with Crippen molar-refractivity contribution in [3.8, 4) is 0 Å². The summed E-state index contributed by atoms with van der Waals surface area (Å²) in [5.41, 5.74) is 8.33. The third kappa shape index (κ3) is 1.71. The Balaban J connectivity index is 2.56. The van der Waals surface area contributed by atoms with Gasteiger partial charge in [0.2, 0.25) is 0 Å². The summed E-state index contributed by atoms with van der Waals surface area (Å²) >= 11 is 0. The first-order valence-electron chi connectivity index (χ1n) is 3.80. The molecule has 0 fully saturated rings. The van der Waals surface area contributed by atoms with Crippen LogP contribution in [0, 0.1) is 0 Å². The van der Waals surface area contributed by atoms with Gasteiger partial charge in [-0.25, -0.2) is 0 Å². The molecule has 56 valence electrons. The highest BCUT2D eigenvalue weighted by atomic mass is 14.6. The number of allylic oxidation sites excluding steroid dienone is 2. The predicted molar refractivity (Wildman–Crippen MR) is 44.7 cm³/mol. The molecule has 0 aromatic heterocycles. The highest BCUT2D eigenvalue weighted by Gasteiger charge is 2.09. The minimum Gasteiger partial charge on any atom is -0.327 e. The van der Waals surface area contributed by atoms with Gasteiger partial charge in [0, 0.05) is 6.04 Å². The third-order valence-corrected chi connectivity index (χ3v) is 2.00. The fourth-order valence-electron chi connectivity index (χ4n) is 1.24. The molecule has 1 heteroatoms. The smallest absolute Gasteiger partial charge is 0.00767 e. The van der Waals surface area contributed by atoms with E-state index in [4.69, 9.17) is 5.73 Å². The van der Waals surface area contributed by atoms with Crippen molar-refractivity contribution >= 4 is 0 Å². The normalized spacial score (nSPS) is 25.8. The Hall–Kier alpha value is -0.560. The van der Waals surface area contributed by atoms with E-state index in [1.807, 2.05) is 0 Å². The van der Waals surface area contributed by atoms with E-state index in [2.05, 4.69) is 19.6 Å². The Morgan fingerprint density at radius 1 is 1.80 bits per heavy atom. The molecule has 0 radical (unpaired) electrons. The molecule has 1 unspecified atom stereocenters. The van der Waals surface area contributed by atoms with Crippen LogP contribution in [-0.4, -0.2) is 6.04 Å². The van der Waals surface area contributed by atoms with Gasteiger partial charge in [0.05, 0.1) is 0 Å². The molecule has 1 aliphatic carbocycles. The fraction of sp³-hybridized carbons (Fsp3) is 0.556. The first kappa shape index (κ1) is 7.55. The molecule has 1 atom stereocenters. The first-order valence-corrected chi connectivity index (χ1v) is 3.80. The number of nitrogens with two attached hydrogens (primary N) is 1. The van der Waals surface area contributed by atoms with Gasteiger partial charge in [0.15, 0.2) is 0 Å². The summed E-state index contributed by atoms with van der Waals surface area (Å²) in [6, 6.07) is 0.392. The molecule has 0 saturated carbocycles. The minimum atomic E-state index is 0.392. The Bertz CT molecular complexity index is 168. The van der Waals surface area contributed by atoms with Gasteiger partial charge in [-0.05, 0) is 31.8 Å². The van der Waals surface area contributed by atoms with Crippen LogP contribution in [-0.2, 0) is 0 Å². The molecule has 0 spiro atoms. The van der Waals surface area contributed by atoms with E-state index in [1.54, 1.807) is 0 Å². The Labute approximate surface area is 62.6 Å². The predicted octanol–water partition coefficient (Wildman–Crippen LogP) is 2.00. The Morgan fingerprint density at radius 3 is 2.90 bits per heavy atom. The third-order valence-electron chi connectivity index (χ3n) is 2.00. The summed E-state index contributed by atoms with van der Waals surface area (Å²) in [5, 5.41) is 0. The van der Waals surface area contributed by atoms with E-state index in [0.29, 0.717) is 6.04 Å². The minimum absolute atomic E-state index is 0.392.